The molecule has 1 aliphatic rings. The van der Waals surface area contributed by atoms with Crippen molar-refractivity contribution < 1.29 is 32.3 Å². The Morgan fingerprint density at radius 3 is 2.36 bits per heavy atom. The molecule has 2 amide bonds. The van der Waals surface area contributed by atoms with Crippen LogP contribution in [0.2, 0.25) is 0 Å². The number of anilines is 2. The molecule has 1 fully saturated rings. The van der Waals surface area contributed by atoms with E-state index in [0.29, 0.717) is 37.2 Å². The van der Waals surface area contributed by atoms with Crippen molar-refractivity contribution in [3.8, 4) is 0 Å². The molecule has 1 aliphatic heterocycles. The monoisotopic (exact) mass is 614 g/mol. The number of benzene rings is 3. The molecule has 2 atom stereocenters. The van der Waals surface area contributed by atoms with Crippen LogP contribution < -0.4 is 20.9 Å². The normalized spacial score (nSPS) is 15.3. The second-order valence-corrected chi connectivity index (χ2v) is 11.5. The molecule has 4 N–H and O–H groups in total. The van der Waals surface area contributed by atoms with E-state index in [9.17, 15) is 27.9 Å². The molecule has 7 nitrogen and oxygen atoms in total. The molecule has 3 aromatic rings. The second kappa shape index (κ2) is 13.8. The van der Waals surface area contributed by atoms with E-state index < -0.39 is 41.1 Å². The van der Waals surface area contributed by atoms with E-state index in [1.54, 1.807) is 19.9 Å². The average Bonchev–Trinajstić information content (AvgIpc) is 3.42. The number of aliphatic hydroxyl groups excluding tert-OH is 1. The highest BCUT2D eigenvalue weighted by Crippen LogP contribution is 2.33. The SMILES string of the molecule is CCNc1cc(C(=O)N[C@@H](Cc2ccccc2)[C@H](O)CNC(C)(C)c2cccc(C(F)(F)F)c2)c(F)c(N2CCCC2=O)c1. The Kier molecular flexibility index (Phi) is 10.3. The van der Waals surface area contributed by atoms with Crippen LogP contribution in [0.25, 0.3) is 0 Å². The second-order valence-electron chi connectivity index (χ2n) is 11.5. The molecule has 11 heteroatoms. The van der Waals surface area contributed by atoms with Gasteiger partial charge in [0.25, 0.3) is 5.91 Å². The first-order chi connectivity index (χ1) is 20.8. The average molecular weight is 615 g/mol. The number of rotatable bonds is 12. The van der Waals surface area contributed by atoms with Crippen molar-refractivity contribution in [3.63, 3.8) is 0 Å². The smallest absolute Gasteiger partial charge is 0.390 e. The van der Waals surface area contributed by atoms with Crippen molar-refractivity contribution in [2.24, 2.45) is 0 Å². The lowest BCUT2D eigenvalue weighted by Crippen LogP contribution is -2.51. The van der Waals surface area contributed by atoms with Gasteiger partial charge in [-0.05, 0) is 69.0 Å². The van der Waals surface area contributed by atoms with Crippen LogP contribution in [0.4, 0.5) is 28.9 Å². The van der Waals surface area contributed by atoms with Gasteiger partial charge >= 0.3 is 6.18 Å². The Balaban J connectivity index is 1.58. The summed E-state index contributed by atoms with van der Waals surface area (Å²) in [4.78, 5) is 27.4. The number of aliphatic hydroxyl groups is 1. The molecule has 0 bridgehead atoms. The van der Waals surface area contributed by atoms with Gasteiger partial charge in [-0.1, -0.05) is 42.5 Å². The molecular weight excluding hydrogens is 576 g/mol. The first-order valence-electron chi connectivity index (χ1n) is 14.6. The van der Waals surface area contributed by atoms with Gasteiger partial charge in [0.1, 0.15) is 0 Å². The van der Waals surface area contributed by atoms with Crippen molar-refractivity contribution in [3.05, 3.63) is 94.8 Å². The van der Waals surface area contributed by atoms with Crippen LogP contribution in [0.3, 0.4) is 0 Å². The number of hydrogen-bond acceptors (Lipinski definition) is 5. The predicted molar refractivity (Wildman–Crippen MR) is 162 cm³/mol. The molecule has 0 unspecified atom stereocenters. The zero-order chi connectivity index (χ0) is 32.1. The van der Waals surface area contributed by atoms with Gasteiger partial charge in [0, 0.05) is 37.3 Å². The summed E-state index contributed by atoms with van der Waals surface area (Å²) in [6, 6.07) is 16.1. The molecule has 0 aliphatic carbocycles. The zero-order valence-corrected chi connectivity index (χ0v) is 25.0. The Hall–Kier alpha value is -3.96. The number of nitrogens with one attached hydrogen (secondary N) is 3. The maximum absolute atomic E-state index is 15.8. The number of hydrogen-bond donors (Lipinski definition) is 4. The van der Waals surface area contributed by atoms with Crippen LogP contribution in [-0.2, 0) is 22.9 Å². The number of carbonyl (C=O) groups excluding carboxylic acids is 2. The van der Waals surface area contributed by atoms with Crippen LogP contribution >= 0.6 is 0 Å². The highest BCUT2D eigenvalue weighted by Gasteiger charge is 2.33. The van der Waals surface area contributed by atoms with Gasteiger partial charge in [-0.3, -0.25) is 9.59 Å². The molecular formula is C33H38F4N4O3. The molecule has 0 saturated carbocycles. The van der Waals surface area contributed by atoms with Crippen molar-refractivity contribution >= 4 is 23.2 Å². The van der Waals surface area contributed by atoms with Crippen LogP contribution in [0.15, 0.2) is 66.7 Å². The summed E-state index contributed by atoms with van der Waals surface area (Å²) < 4.78 is 55.8. The summed E-state index contributed by atoms with van der Waals surface area (Å²) in [5.74, 6) is -1.83. The van der Waals surface area contributed by atoms with Gasteiger partial charge in [-0.2, -0.15) is 13.2 Å². The molecule has 236 valence electrons. The highest BCUT2D eigenvalue weighted by molar-refractivity contribution is 6.00. The van der Waals surface area contributed by atoms with Crippen LogP contribution in [0.1, 0.15) is 60.7 Å². The summed E-state index contributed by atoms with van der Waals surface area (Å²) in [5, 5.41) is 20.3. The van der Waals surface area contributed by atoms with Gasteiger partial charge in [-0.15, -0.1) is 0 Å². The van der Waals surface area contributed by atoms with Gasteiger partial charge in [0.05, 0.1) is 29.0 Å². The highest BCUT2D eigenvalue weighted by atomic mass is 19.4. The number of carbonyl (C=O) groups is 2. The Morgan fingerprint density at radius 1 is 1.02 bits per heavy atom. The lowest BCUT2D eigenvalue weighted by molar-refractivity contribution is -0.137. The fraction of sp³-hybridized carbons (Fsp3) is 0.394. The fourth-order valence-electron chi connectivity index (χ4n) is 5.27. The third-order valence-electron chi connectivity index (χ3n) is 7.79. The Morgan fingerprint density at radius 2 is 1.73 bits per heavy atom. The van der Waals surface area contributed by atoms with Crippen molar-refractivity contribution in [1.82, 2.24) is 10.6 Å². The Labute approximate surface area is 254 Å². The third-order valence-corrected chi connectivity index (χ3v) is 7.79. The lowest BCUT2D eigenvalue weighted by atomic mass is 9.92. The quantitative estimate of drug-likeness (QED) is 0.199. The van der Waals surface area contributed by atoms with Crippen molar-refractivity contribution in [2.75, 3.05) is 29.9 Å². The Bertz CT molecular complexity index is 1460. The number of nitrogens with zero attached hydrogens (tertiary/aromatic N) is 1. The minimum absolute atomic E-state index is 0.0146. The van der Waals surface area contributed by atoms with E-state index in [2.05, 4.69) is 16.0 Å². The third kappa shape index (κ3) is 7.95. The fourth-order valence-corrected chi connectivity index (χ4v) is 5.27. The standard InChI is InChI=1S/C33H38F4N4O3/c1-4-38-24-18-25(30(34)27(19-24)41-15-9-14-29(41)43)31(44)40-26(16-21-10-6-5-7-11-21)28(42)20-39-32(2,3)22-12-8-13-23(17-22)33(35,36)37/h5-8,10-13,17-19,26,28,38-39,42H,4,9,14-16,20H2,1-3H3,(H,40,44)/t26-,28+/m0/s1. The van der Waals surface area contributed by atoms with Gasteiger partial charge in [-0.25, -0.2) is 4.39 Å². The van der Waals surface area contributed by atoms with E-state index >= 15 is 4.39 Å². The lowest BCUT2D eigenvalue weighted by Gasteiger charge is -2.32. The first-order valence-corrected chi connectivity index (χ1v) is 14.6. The summed E-state index contributed by atoms with van der Waals surface area (Å²) in [7, 11) is 0. The predicted octanol–water partition coefficient (Wildman–Crippen LogP) is 5.63. The molecule has 44 heavy (non-hydrogen) atoms. The first kappa shape index (κ1) is 32.9. The van der Waals surface area contributed by atoms with Crippen LogP contribution in [-0.4, -0.2) is 48.7 Å². The largest absolute Gasteiger partial charge is 0.416 e. The summed E-state index contributed by atoms with van der Waals surface area (Å²) in [5.41, 5.74) is -0.363. The van der Waals surface area contributed by atoms with E-state index in [0.717, 1.165) is 17.7 Å². The van der Waals surface area contributed by atoms with Crippen molar-refractivity contribution in [2.45, 2.75) is 63.9 Å². The molecule has 0 spiro atoms. The topological polar surface area (TPSA) is 93.7 Å². The van der Waals surface area contributed by atoms with Gasteiger partial charge in [0.15, 0.2) is 5.82 Å². The van der Waals surface area contributed by atoms with E-state index in [1.807, 2.05) is 37.3 Å². The maximum atomic E-state index is 15.8. The van der Waals surface area contributed by atoms with Crippen LogP contribution in [0, 0.1) is 5.82 Å². The van der Waals surface area contributed by atoms with Crippen LogP contribution in [0.5, 0.6) is 0 Å². The summed E-state index contributed by atoms with van der Waals surface area (Å²) >= 11 is 0. The molecule has 1 saturated heterocycles. The number of alkyl halides is 3. The van der Waals surface area contributed by atoms with Crippen molar-refractivity contribution in [1.29, 1.82) is 0 Å². The van der Waals surface area contributed by atoms with E-state index in [4.69, 9.17) is 0 Å². The molecule has 3 aromatic carbocycles. The number of halogens is 4. The molecule has 0 radical (unpaired) electrons. The summed E-state index contributed by atoms with van der Waals surface area (Å²) in [6.45, 7) is 6.00. The van der Waals surface area contributed by atoms with Gasteiger partial charge < -0.3 is 26.0 Å². The molecule has 4 rings (SSSR count). The zero-order valence-electron chi connectivity index (χ0n) is 25.0. The minimum Gasteiger partial charge on any atom is -0.390 e. The van der Waals surface area contributed by atoms with Gasteiger partial charge in [0.2, 0.25) is 5.91 Å². The van der Waals surface area contributed by atoms with E-state index in [1.165, 1.54) is 23.1 Å². The summed E-state index contributed by atoms with van der Waals surface area (Å²) in [6.07, 6.45) is -4.63. The molecule has 0 aromatic heterocycles. The number of amides is 2. The maximum Gasteiger partial charge on any atom is 0.416 e. The molecule has 1 heterocycles. The minimum atomic E-state index is -4.50. The van der Waals surface area contributed by atoms with E-state index in [-0.39, 0.29) is 30.1 Å².